The summed E-state index contributed by atoms with van der Waals surface area (Å²) >= 11 is 1.07. The lowest BCUT2D eigenvalue weighted by Crippen LogP contribution is -2.21. The molecule has 3 aromatic rings. The summed E-state index contributed by atoms with van der Waals surface area (Å²) in [6.07, 6.45) is 1.59. The van der Waals surface area contributed by atoms with Crippen molar-refractivity contribution in [3.8, 4) is 0 Å². The maximum Gasteiger partial charge on any atom is 0.349 e. The number of carbonyl (C=O) groups is 2. The summed E-state index contributed by atoms with van der Waals surface area (Å²) in [5.74, 6) is -0.650. The number of amides is 1. The topological polar surface area (TPSA) is 133 Å². The fourth-order valence-corrected chi connectivity index (χ4v) is 4.63. The molecule has 11 heteroatoms. The summed E-state index contributed by atoms with van der Waals surface area (Å²) in [5.41, 5.74) is 0.887. The van der Waals surface area contributed by atoms with Gasteiger partial charge in [0.2, 0.25) is 0 Å². The van der Waals surface area contributed by atoms with Crippen LogP contribution in [-0.2, 0) is 22.5 Å². The third-order valence-corrected chi connectivity index (χ3v) is 6.29. The zero-order chi connectivity index (χ0) is 22.3. The molecule has 0 bridgehead atoms. The Kier molecular flexibility index (Phi) is 5.27. The quantitative estimate of drug-likeness (QED) is 0.365. The van der Waals surface area contributed by atoms with Crippen LogP contribution in [0.1, 0.15) is 33.0 Å². The predicted octanol–water partition coefficient (Wildman–Crippen LogP) is 2.72. The van der Waals surface area contributed by atoms with Crippen LogP contribution in [-0.4, -0.2) is 33.0 Å². The Hall–Kier alpha value is -3.60. The SMILES string of the molecule is Cc1ccc(NC(=O)COC(=O)c2sc3nc4n(c(=O)c3c2C)CCC4)cc1[N+](=O)[O-]. The number of esters is 1. The highest BCUT2D eigenvalue weighted by atomic mass is 32.1. The van der Waals surface area contributed by atoms with Crippen molar-refractivity contribution in [2.24, 2.45) is 0 Å². The van der Waals surface area contributed by atoms with E-state index in [9.17, 15) is 24.5 Å². The van der Waals surface area contributed by atoms with Crippen LogP contribution >= 0.6 is 11.3 Å². The van der Waals surface area contributed by atoms with Gasteiger partial charge in [-0.1, -0.05) is 6.07 Å². The number of hydrogen-bond acceptors (Lipinski definition) is 8. The van der Waals surface area contributed by atoms with E-state index in [0.29, 0.717) is 33.7 Å². The van der Waals surface area contributed by atoms with Gasteiger partial charge in [-0.2, -0.15) is 0 Å². The number of nitro groups is 1. The fourth-order valence-electron chi connectivity index (χ4n) is 3.55. The predicted molar refractivity (Wildman–Crippen MR) is 114 cm³/mol. The van der Waals surface area contributed by atoms with Gasteiger partial charge in [-0.3, -0.25) is 24.3 Å². The lowest BCUT2D eigenvalue weighted by molar-refractivity contribution is -0.385. The number of nitro benzene ring substituents is 1. The molecule has 0 atom stereocenters. The average molecular weight is 442 g/mol. The van der Waals surface area contributed by atoms with E-state index in [2.05, 4.69) is 10.3 Å². The lowest BCUT2D eigenvalue weighted by atomic mass is 10.2. The van der Waals surface area contributed by atoms with E-state index in [0.717, 1.165) is 24.2 Å². The lowest BCUT2D eigenvalue weighted by Gasteiger charge is -2.07. The van der Waals surface area contributed by atoms with Crippen LogP contribution in [0.5, 0.6) is 0 Å². The van der Waals surface area contributed by atoms with Crippen molar-refractivity contribution in [2.45, 2.75) is 33.2 Å². The van der Waals surface area contributed by atoms with E-state index in [-0.39, 0.29) is 21.8 Å². The highest BCUT2D eigenvalue weighted by Crippen LogP contribution is 2.29. The Morgan fingerprint density at radius 1 is 1.35 bits per heavy atom. The first-order valence-electron chi connectivity index (χ1n) is 9.51. The molecule has 1 aliphatic heterocycles. The standard InChI is InChI=1S/C20H18N4O6S/c1-10-5-6-12(8-13(10)24(28)29)21-15(25)9-30-20(27)17-11(2)16-18(31-17)22-14-4-3-7-23(14)19(16)26/h5-6,8H,3-4,7,9H2,1-2H3,(H,21,25). The Morgan fingerprint density at radius 2 is 2.13 bits per heavy atom. The summed E-state index contributed by atoms with van der Waals surface area (Å²) < 4.78 is 6.73. The minimum Gasteiger partial charge on any atom is -0.451 e. The van der Waals surface area contributed by atoms with Crippen molar-refractivity contribution in [2.75, 3.05) is 11.9 Å². The van der Waals surface area contributed by atoms with Gasteiger partial charge >= 0.3 is 5.97 Å². The zero-order valence-electron chi connectivity index (χ0n) is 16.8. The van der Waals surface area contributed by atoms with Crippen molar-refractivity contribution in [1.29, 1.82) is 0 Å². The Bertz CT molecular complexity index is 1310. The number of nitrogens with zero attached hydrogens (tertiary/aromatic N) is 3. The second-order valence-electron chi connectivity index (χ2n) is 7.21. The maximum absolute atomic E-state index is 12.7. The normalized spacial score (nSPS) is 12.6. The number of fused-ring (bicyclic) bond motifs is 2. The first-order chi connectivity index (χ1) is 14.8. The Balaban J connectivity index is 1.47. The third-order valence-electron chi connectivity index (χ3n) is 5.12. The number of benzene rings is 1. The summed E-state index contributed by atoms with van der Waals surface area (Å²) in [6.45, 7) is 3.29. The molecule has 0 saturated carbocycles. The first-order valence-corrected chi connectivity index (χ1v) is 10.3. The van der Waals surface area contributed by atoms with E-state index in [1.165, 1.54) is 18.2 Å². The smallest absolute Gasteiger partial charge is 0.349 e. The first kappa shape index (κ1) is 20.7. The summed E-state index contributed by atoms with van der Waals surface area (Å²) in [4.78, 5) is 53.1. The molecular formula is C20H18N4O6S. The molecule has 1 aliphatic rings. The molecular weight excluding hydrogens is 424 g/mol. The van der Waals surface area contributed by atoms with E-state index >= 15 is 0 Å². The van der Waals surface area contributed by atoms with Crippen LogP contribution in [0.3, 0.4) is 0 Å². The number of aromatic nitrogens is 2. The molecule has 0 spiro atoms. The van der Waals surface area contributed by atoms with E-state index < -0.39 is 23.4 Å². The van der Waals surface area contributed by atoms with Crippen LogP contribution in [0, 0.1) is 24.0 Å². The van der Waals surface area contributed by atoms with Gasteiger partial charge in [-0.25, -0.2) is 9.78 Å². The van der Waals surface area contributed by atoms with Crippen molar-refractivity contribution in [3.05, 3.63) is 60.5 Å². The van der Waals surface area contributed by atoms with Crippen molar-refractivity contribution in [1.82, 2.24) is 9.55 Å². The molecule has 0 aliphatic carbocycles. The highest BCUT2D eigenvalue weighted by Gasteiger charge is 2.24. The molecule has 1 N–H and O–H groups in total. The number of ether oxygens (including phenoxy) is 1. The largest absolute Gasteiger partial charge is 0.451 e. The van der Waals surface area contributed by atoms with Gasteiger partial charge in [-0.05, 0) is 31.9 Å². The van der Waals surface area contributed by atoms with Gasteiger partial charge in [-0.15, -0.1) is 11.3 Å². The van der Waals surface area contributed by atoms with E-state index in [1.54, 1.807) is 18.4 Å². The molecule has 160 valence electrons. The van der Waals surface area contributed by atoms with Crippen LogP contribution in [0.15, 0.2) is 23.0 Å². The minimum absolute atomic E-state index is 0.124. The fraction of sp³-hybridized carbons (Fsp3) is 0.300. The monoisotopic (exact) mass is 442 g/mol. The number of aryl methyl sites for hydroxylation is 3. The number of thiophene rings is 1. The van der Waals surface area contributed by atoms with Gasteiger partial charge in [0.05, 0.1) is 10.3 Å². The van der Waals surface area contributed by atoms with Crippen LogP contribution in [0.4, 0.5) is 11.4 Å². The third kappa shape index (κ3) is 3.79. The van der Waals surface area contributed by atoms with Crippen LogP contribution in [0.2, 0.25) is 0 Å². The van der Waals surface area contributed by atoms with Gasteiger partial charge < -0.3 is 10.1 Å². The second-order valence-corrected chi connectivity index (χ2v) is 8.21. The number of hydrogen-bond donors (Lipinski definition) is 1. The van der Waals surface area contributed by atoms with Gasteiger partial charge in [0.25, 0.3) is 17.2 Å². The molecule has 3 heterocycles. The average Bonchev–Trinajstić information content (AvgIpc) is 3.32. The summed E-state index contributed by atoms with van der Waals surface area (Å²) in [6, 6.07) is 4.28. The van der Waals surface area contributed by atoms with Gasteiger partial charge in [0.1, 0.15) is 15.5 Å². The van der Waals surface area contributed by atoms with Crippen molar-refractivity contribution in [3.63, 3.8) is 0 Å². The van der Waals surface area contributed by atoms with Crippen LogP contribution in [0.25, 0.3) is 10.2 Å². The maximum atomic E-state index is 12.7. The molecule has 0 unspecified atom stereocenters. The zero-order valence-corrected chi connectivity index (χ0v) is 17.6. The number of carbonyl (C=O) groups excluding carboxylic acids is 2. The molecule has 0 saturated heterocycles. The molecule has 1 aromatic carbocycles. The molecule has 0 radical (unpaired) electrons. The van der Waals surface area contributed by atoms with Gasteiger partial charge in [0.15, 0.2) is 6.61 Å². The molecule has 4 rings (SSSR count). The number of anilines is 1. The molecule has 2 aromatic heterocycles. The van der Waals surface area contributed by atoms with Crippen molar-refractivity contribution < 1.29 is 19.2 Å². The number of nitrogens with one attached hydrogen (secondary N) is 1. The van der Waals surface area contributed by atoms with E-state index in [1.807, 2.05) is 0 Å². The molecule has 10 nitrogen and oxygen atoms in total. The van der Waals surface area contributed by atoms with E-state index in [4.69, 9.17) is 4.74 Å². The second kappa shape index (κ2) is 7.91. The Labute approximate surface area is 179 Å². The van der Waals surface area contributed by atoms with Crippen LogP contribution < -0.4 is 10.9 Å². The number of rotatable bonds is 5. The molecule has 1 amide bonds. The summed E-state index contributed by atoms with van der Waals surface area (Å²) in [5, 5.41) is 13.9. The highest BCUT2D eigenvalue weighted by molar-refractivity contribution is 7.20. The summed E-state index contributed by atoms with van der Waals surface area (Å²) in [7, 11) is 0. The minimum atomic E-state index is -0.727. The van der Waals surface area contributed by atoms with Gasteiger partial charge in [0, 0.05) is 30.3 Å². The molecule has 0 fully saturated rings. The Morgan fingerprint density at radius 3 is 2.87 bits per heavy atom. The molecule has 31 heavy (non-hydrogen) atoms. The van der Waals surface area contributed by atoms with Crippen molar-refractivity contribution >= 4 is 44.8 Å².